The molecule has 7 aromatic rings. The highest BCUT2D eigenvalue weighted by atomic mass is 16.3. The summed E-state index contributed by atoms with van der Waals surface area (Å²) in [4.78, 5) is 10.4. The Morgan fingerprint density at radius 1 is 0.593 bits per heavy atom. The molecule has 0 bridgehead atoms. The molecule has 5 nitrogen and oxygen atoms in total. The van der Waals surface area contributed by atoms with E-state index < -0.39 is 0 Å². The average Bonchev–Trinajstić information content (AvgIpc) is 3.53. The van der Waals surface area contributed by atoms with Crippen molar-refractivity contribution in [3.05, 3.63) is 144 Å². The van der Waals surface area contributed by atoms with Gasteiger partial charge in [-0.1, -0.05) is 129 Å². The molecule has 1 N–H and O–H groups in total. The number of hydrogen-bond donors (Lipinski definition) is 1. The minimum atomic E-state index is -0.298. The van der Waals surface area contributed by atoms with E-state index in [4.69, 9.17) is 9.97 Å². The van der Waals surface area contributed by atoms with Crippen molar-refractivity contribution >= 4 is 11.0 Å². The molecular formula is C49H48N4O. The zero-order valence-electron chi connectivity index (χ0n) is 32.8. The number of nitriles is 1. The number of phenols is 1. The first-order valence-electron chi connectivity index (χ1n) is 18.6. The molecule has 5 aromatic carbocycles. The molecule has 5 heteroatoms. The number of phenolic OH excluding ortho intramolecular Hbond substituents is 1. The van der Waals surface area contributed by atoms with E-state index in [9.17, 15) is 10.4 Å². The van der Waals surface area contributed by atoms with E-state index in [2.05, 4.69) is 146 Å². The maximum atomic E-state index is 12.1. The lowest BCUT2D eigenvalue weighted by Gasteiger charge is -2.27. The molecule has 54 heavy (non-hydrogen) atoms. The molecule has 2 heterocycles. The molecule has 0 saturated heterocycles. The normalized spacial score (nSPS) is 12.2. The molecule has 0 spiro atoms. The second-order valence-electron chi connectivity index (χ2n) is 17.3. The van der Waals surface area contributed by atoms with E-state index in [0.717, 1.165) is 66.9 Å². The number of pyridine rings is 1. The SMILES string of the molecule is CC(C)(C)c1cc(-c2nc3c(-c4cc(-c5ccccc5)cc(-c5cc(C#N)c(C(C)(C)C)cn5)c4)cccc3n2-c2ccccc2)c(O)c(C(C)(C)C)c1. The van der Waals surface area contributed by atoms with Crippen molar-refractivity contribution in [2.24, 2.45) is 0 Å². The standard InChI is InChI=1S/C49H48N4O/c1-47(2,3)36-27-39(45(54)40(28-36)48(4,5)6)46-52-44-38(21-16-22-43(44)53(46)37-19-14-11-15-20-37)33-23-32(31-17-12-10-13-18-31)24-34(25-33)42-26-35(29-50)41(30-51-42)49(7,8)9/h10-28,30,54H,1-9H3. The van der Waals surface area contributed by atoms with E-state index in [-0.39, 0.29) is 22.0 Å². The third-order valence-corrected chi connectivity index (χ3v) is 10.2. The van der Waals surface area contributed by atoms with Crippen molar-refractivity contribution < 1.29 is 5.11 Å². The highest BCUT2D eigenvalue weighted by Crippen LogP contribution is 2.45. The lowest BCUT2D eigenvalue weighted by atomic mass is 9.79. The van der Waals surface area contributed by atoms with E-state index in [1.54, 1.807) is 0 Å². The molecule has 0 atom stereocenters. The maximum absolute atomic E-state index is 12.1. The Bertz CT molecular complexity index is 2550. The molecule has 2 aromatic heterocycles. The predicted octanol–water partition coefficient (Wildman–Crippen LogP) is 12.6. The van der Waals surface area contributed by atoms with Gasteiger partial charge in [0.1, 0.15) is 11.6 Å². The molecule has 0 radical (unpaired) electrons. The minimum Gasteiger partial charge on any atom is -0.507 e. The molecule has 0 unspecified atom stereocenters. The van der Waals surface area contributed by atoms with Crippen molar-refractivity contribution in [3.8, 4) is 62.4 Å². The Kier molecular flexibility index (Phi) is 9.06. The lowest BCUT2D eigenvalue weighted by Crippen LogP contribution is -2.17. The Morgan fingerprint density at radius 2 is 1.22 bits per heavy atom. The van der Waals surface area contributed by atoms with E-state index in [0.29, 0.717) is 17.0 Å². The Hall–Kier alpha value is -5.99. The van der Waals surface area contributed by atoms with E-state index in [1.165, 1.54) is 0 Å². The van der Waals surface area contributed by atoms with Crippen molar-refractivity contribution in [2.45, 2.75) is 78.6 Å². The van der Waals surface area contributed by atoms with Crippen LogP contribution >= 0.6 is 0 Å². The predicted molar refractivity (Wildman–Crippen MR) is 223 cm³/mol. The van der Waals surface area contributed by atoms with Crippen LogP contribution < -0.4 is 0 Å². The molecule has 0 aliphatic rings. The number of para-hydroxylation sites is 2. The minimum absolute atomic E-state index is 0.157. The molecule has 270 valence electrons. The first-order chi connectivity index (χ1) is 25.5. The van der Waals surface area contributed by atoms with Crippen LogP contribution in [0.15, 0.2) is 121 Å². The largest absolute Gasteiger partial charge is 0.507 e. The van der Waals surface area contributed by atoms with Gasteiger partial charge in [0, 0.05) is 28.6 Å². The second-order valence-corrected chi connectivity index (χ2v) is 17.3. The highest BCUT2D eigenvalue weighted by molar-refractivity contribution is 5.97. The van der Waals surface area contributed by atoms with Crippen molar-refractivity contribution in [3.63, 3.8) is 0 Å². The summed E-state index contributed by atoms with van der Waals surface area (Å²) in [5.41, 5.74) is 12.0. The molecular weight excluding hydrogens is 661 g/mol. The summed E-state index contributed by atoms with van der Waals surface area (Å²) >= 11 is 0. The van der Waals surface area contributed by atoms with Crippen LogP contribution in [0.2, 0.25) is 0 Å². The number of imidazole rings is 1. The van der Waals surface area contributed by atoms with Gasteiger partial charge in [0.25, 0.3) is 0 Å². The molecule has 0 fully saturated rings. The van der Waals surface area contributed by atoms with Gasteiger partial charge in [-0.15, -0.1) is 0 Å². The smallest absolute Gasteiger partial charge is 0.149 e. The van der Waals surface area contributed by atoms with Gasteiger partial charge >= 0.3 is 0 Å². The fraction of sp³-hybridized carbons (Fsp3) is 0.245. The molecule has 0 saturated carbocycles. The van der Waals surface area contributed by atoms with E-state index >= 15 is 0 Å². The number of aromatic nitrogens is 3. The number of rotatable bonds is 5. The Morgan fingerprint density at radius 3 is 1.85 bits per heavy atom. The zero-order valence-corrected chi connectivity index (χ0v) is 32.8. The van der Waals surface area contributed by atoms with Crippen molar-refractivity contribution in [1.29, 1.82) is 5.26 Å². The van der Waals surface area contributed by atoms with Gasteiger partial charge in [-0.05, 0) is 92.6 Å². The van der Waals surface area contributed by atoms with Crippen LogP contribution in [-0.2, 0) is 16.2 Å². The first-order valence-corrected chi connectivity index (χ1v) is 18.6. The molecule has 0 amide bonds. The topological polar surface area (TPSA) is 74.7 Å². The van der Waals surface area contributed by atoms with Crippen LogP contribution in [0.1, 0.15) is 84.6 Å². The first kappa shape index (κ1) is 36.4. The van der Waals surface area contributed by atoms with Gasteiger partial charge in [-0.2, -0.15) is 5.26 Å². The third kappa shape index (κ3) is 6.81. The number of aromatic hydroxyl groups is 1. The zero-order chi connectivity index (χ0) is 38.6. The van der Waals surface area contributed by atoms with Crippen LogP contribution in [0.25, 0.3) is 61.6 Å². The quantitative estimate of drug-likeness (QED) is 0.193. The maximum Gasteiger partial charge on any atom is 0.149 e. The number of nitrogens with zero attached hydrogens (tertiary/aromatic N) is 4. The number of benzene rings is 5. The summed E-state index contributed by atoms with van der Waals surface area (Å²) in [7, 11) is 0. The summed E-state index contributed by atoms with van der Waals surface area (Å²) in [6, 6.07) is 42.0. The summed E-state index contributed by atoms with van der Waals surface area (Å²) in [6.45, 7) is 19.3. The highest BCUT2D eigenvalue weighted by Gasteiger charge is 2.29. The summed E-state index contributed by atoms with van der Waals surface area (Å²) in [6.07, 6.45) is 1.85. The van der Waals surface area contributed by atoms with Crippen LogP contribution in [0.5, 0.6) is 5.75 Å². The van der Waals surface area contributed by atoms with Gasteiger partial charge in [0.2, 0.25) is 0 Å². The Balaban J connectivity index is 1.53. The van der Waals surface area contributed by atoms with Gasteiger partial charge < -0.3 is 5.11 Å². The molecule has 7 rings (SSSR count). The Labute approximate surface area is 319 Å². The third-order valence-electron chi connectivity index (χ3n) is 10.2. The van der Waals surface area contributed by atoms with Crippen LogP contribution in [0.3, 0.4) is 0 Å². The monoisotopic (exact) mass is 708 g/mol. The molecule has 0 aliphatic heterocycles. The van der Waals surface area contributed by atoms with Gasteiger partial charge in [-0.3, -0.25) is 9.55 Å². The molecule has 0 aliphatic carbocycles. The van der Waals surface area contributed by atoms with Gasteiger partial charge in [-0.25, -0.2) is 4.98 Å². The summed E-state index contributed by atoms with van der Waals surface area (Å²) in [5, 5.41) is 22.3. The second kappa shape index (κ2) is 13.5. The van der Waals surface area contributed by atoms with Crippen molar-refractivity contribution in [2.75, 3.05) is 0 Å². The van der Waals surface area contributed by atoms with Gasteiger partial charge in [0.15, 0.2) is 0 Å². The number of hydrogen-bond acceptors (Lipinski definition) is 4. The van der Waals surface area contributed by atoms with Crippen LogP contribution in [-0.4, -0.2) is 19.6 Å². The average molecular weight is 709 g/mol. The van der Waals surface area contributed by atoms with Crippen molar-refractivity contribution in [1.82, 2.24) is 14.5 Å². The van der Waals surface area contributed by atoms with Crippen LogP contribution in [0, 0.1) is 11.3 Å². The number of fused-ring (bicyclic) bond motifs is 1. The summed E-state index contributed by atoms with van der Waals surface area (Å²) < 4.78 is 2.17. The summed E-state index contributed by atoms with van der Waals surface area (Å²) in [5.74, 6) is 0.922. The fourth-order valence-electron chi connectivity index (χ4n) is 7.19. The lowest BCUT2D eigenvalue weighted by molar-refractivity contribution is 0.446. The van der Waals surface area contributed by atoms with E-state index in [1.807, 2.05) is 48.7 Å². The van der Waals surface area contributed by atoms with Crippen LogP contribution in [0.4, 0.5) is 0 Å². The van der Waals surface area contributed by atoms with Gasteiger partial charge in [0.05, 0.1) is 33.9 Å². The fourth-order valence-corrected chi connectivity index (χ4v) is 7.19.